The molecule has 1 saturated heterocycles. The van der Waals surface area contributed by atoms with Gasteiger partial charge in [-0.15, -0.1) is 0 Å². The maximum atomic E-state index is 9.40. The molecular formula is C8H16O5. The molecule has 0 aliphatic carbocycles. The van der Waals surface area contributed by atoms with Crippen molar-refractivity contribution >= 4 is 0 Å². The van der Waals surface area contributed by atoms with Gasteiger partial charge in [-0.3, -0.25) is 0 Å². The Bertz CT molecular complexity index is 151. The number of hydrogen-bond acceptors (Lipinski definition) is 5. The summed E-state index contributed by atoms with van der Waals surface area (Å²) < 4.78 is 20.3. The van der Waals surface area contributed by atoms with Crippen molar-refractivity contribution < 1.29 is 24.1 Å². The van der Waals surface area contributed by atoms with Crippen LogP contribution in [0.4, 0.5) is 0 Å². The average molecular weight is 192 g/mol. The van der Waals surface area contributed by atoms with Crippen molar-refractivity contribution in [2.45, 2.75) is 24.6 Å². The zero-order chi connectivity index (χ0) is 9.84. The van der Waals surface area contributed by atoms with Crippen LogP contribution in [0, 0.1) is 0 Å². The van der Waals surface area contributed by atoms with E-state index in [1.165, 1.54) is 7.11 Å². The fourth-order valence-electron chi connectivity index (χ4n) is 1.54. The molecule has 1 heterocycles. The minimum absolute atomic E-state index is 0.269. The summed E-state index contributed by atoms with van der Waals surface area (Å²) in [6, 6.07) is 0. The molecule has 1 aliphatic heterocycles. The Morgan fingerprint density at radius 2 is 1.77 bits per heavy atom. The Morgan fingerprint density at radius 3 is 2.23 bits per heavy atom. The molecule has 5 heteroatoms. The average Bonchev–Trinajstić information content (AvgIpc) is 2.41. The molecule has 1 N–H and O–H groups in total. The number of rotatable bonds is 4. The van der Waals surface area contributed by atoms with Crippen molar-refractivity contribution in [1.29, 1.82) is 0 Å². The summed E-state index contributed by atoms with van der Waals surface area (Å²) in [7, 11) is 4.64. The molecule has 0 radical (unpaired) electrons. The van der Waals surface area contributed by atoms with Crippen LogP contribution in [0.3, 0.4) is 0 Å². The van der Waals surface area contributed by atoms with Crippen LogP contribution < -0.4 is 0 Å². The van der Waals surface area contributed by atoms with Crippen molar-refractivity contribution in [3.05, 3.63) is 0 Å². The third-order valence-corrected chi connectivity index (χ3v) is 2.16. The zero-order valence-electron chi connectivity index (χ0n) is 8.10. The third-order valence-electron chi connectivity index (χ3n) is 2.16. The first kappa shape index (κ1) is 10.9. The van der Waals surface area contributed by atoms with Gasteiger partial charge in [-0.05, 0) is 0 Å². The molecule has 0 saturated carbocycles. The normalized spacial score (nSPS) is 39.7. The highest BCUT2D eigenvalue weighted by Crippen LogP contribution is 2.24. The van der Waals surface area contributed by atoms with Crippen molar-refractivity contribution in [2.24, 2.45) is 0 Å². The molecule has 13 heavy (non-hydrogen) atoms. The lowest BCUT2D eigenvalue weighted by Crippen LogP contribution is -2.37. The summed E-state index contributed by atoms with van der Waals surface area (Å²) in [5.41, 5.74) is 0. The predicted molar refractivity (Wildman–Crippen MR) is 44.3 cm³/mol. The Morgan fingerprint density at radius 1 is 1.15 bits per heavy atom. The van der Waals surface area contributed by atoms with Crippen LogP contribution in [-0.4, -0.2) is 57.6 Å². The summed E-state index contributed by atoms with van der Waals surface area (Å²) in [6.45, 7) is 0.384. The van der Waals surface area contributed by atoms with Gasteiger partial charge < -0.3 is 24.1 Å². The Hall–Kier alpha value is -0.200. The third kappa shape index (κ3) is 2.18. The molecule has 4 atom stereocenters. The fraction of sp³-hybridized carbons (Fsp3) is 1.00. The van der Waals surface area contributed by atoms with Crippen molar-refractivity contribution in [3.8, 4) is 0 Å². The molecule has 1 fully saturated rings. The molecule has 0 bridgehead atoms. The van der Waals surface area contributed by atoms with Crippen molar-refractivity contribution in [3.63, 3.8) is 0 Å². The van der Waals surface area contributed by atoms with Gasteiger partial charge in [-0.1, -0.05) is 0 Å². The summed E-state index contributed by atoms with van der Waals surface area (Å²) in [4.78, 5) is 0. The second kappa shape index (κ2) is 4.88. The smallest absolute Gasteiger partial charge is 0.184 e. The lowest BCUT2D eigenvalue weighted by Gasteiger charge is -2.19. The van der Waals surface area contributed by atoms with Gasteiger partial charge in [0.15, 0.2) is 6.29 Å². The lowest BCUT2D eigenvalue weighted by atomic mass is 10.1. The number of hydrogen-bond donors (Lipinski definition) is 1. The minimum atomic E-state index is -0.935. The molecule has 1 aliphatic rings. The topological polar surface area (TPSA) is 57.2 Å². The number of methoxy groups -OCH3 is 3. The van der Waals surface area contributed by atoms with Crippen molar-refractivity contribution in [2.75, 3.05) is 27.9 Å². The Kier molecular flexibility index (Phi) is 4.08. The van der Waals surface area contributed by atoms with Crippen molar-refractivity contribution in [1.82, 2.24) is 0 Å². The van der Waals surface area contributed by atoms with E-state index in [9.17, 15) is 5.11 Å². The van der Waals surface area contributed by atoms with E-state index in [2.05, 4.69) is 0 Å². The molecule has 5 nitrogen and oxygen atoms in total. The molecule has 1 unspecified atom stereocenters. The quantitative estimate of drug-likeness (QED) is 0.643. The first-order valence-electron chi connectivity index (χ1n) is 4.12. The first-order chi connectivity index (χ1) is 6.24. The Labute approximate surface area is 77.5 Å². The molecule has 78 valence electrons. The maximum Gasteiger partial charge on any atom is 0.184 e. The summed E-state index contributed by atoms with van der Waals surface area (Å²) in [6.07, 6.45) is -1.92. The van der Waals surface area contributed by atoms with Crippen LogP contribution in [0.1, 0.15) is 0 Å². The van der Waals surface area contributed by atoms with Crippen LogP contribution in [0.5, 0.6) is 0 Å². The van der Waals surface area contributed by atoms with E-state index >= 15 is 0 Å². The van der Waals surface area contributed by atoms with Gasteiger partial charge in [0.05, 0.1) is 6.61 Å². The summed E-state index contributed by atoms with van der Waals surface area (Å²) in [5, 5.41) is 9.40. The highest BCUT2D eigenvalue weighted by molar-refractivity contribution is 4.88. The van der Waals surface area contributed by atoms with Crippen LogP contribution in [-0.2, 0) is 18.9 Å². The molecular weight excluding hydrogens is 176 g/mol. The number of aliphatic hydroxyl groups excluding tert-OH is 1. The lowest BCUT2D eigenvalue weighted by molar-refractivity contribution is -0.141. The van der Waals surface area contributed by atoms with E-state index in [1.54, 1.807) is 14.2 Å². The maximum absolute atomic E-state index is 9.40. The SMILES string of the molecule is COC[C@H]1O[C@H](O)C(OC)[C@@H]1OC. The molecule has 1 rings (SSSR count). The van der Waals surface area contributed by atoms with Gasteiger partial charge in [-0.25, -0.2) is 0 Å². The van der Waals surface area contributed by atoms with Gasteiger partial charge in [0, 0.05) is 21.3 Å². The highest BCUT2D eigenvalue weighted by Gasteiger charge is 2.44. The second-order valence-corrected chi connectivity index (χ2v) is 2.92. The molecule has 0 aromatic carbocycles. The van der Waals surface area contributed by atoms with Crippen LogP contribution in [0.15, 0.2) is 0 Å². The van der Waals surface area contributed by atoms with E-state index in [0.29, 0.717) is 6.61 Å². The summed E-state index contributed by atoms with van der Waals surface area (Å²) >= 11 is 0. The second-order valence-electron chi connectivity index (χ2n) is 2.92. The van der Waals surface area contributed by atoms with Gasteiger partial charge in [0.25, 0.3) is 0 Å². The first-order valence-corrected chi connectivity index (χ1v) is 4.12. The molecule has 0 aromatic heterocycles. The standard InChI is InChI=1S/C8H16O5/c1-10-4-5-6(11-2)7(12-3)8(9)13-5/h5-9H,4H2,1-3H3/t5-,6-,7?,8+/m1/s1. The zero-order valence-corrected chi connectivity index (χ0v) is 8.10. The monoisotopic (exact) mass is 192 g/mol. The molecule has 0 amide bonds. The van der Waals surface area contributed by atoms with E-state index < -0.39 is 12.4 Å². The fourth-order valence-corrected chi connectivity index (χ4v) is 1.54. The van der Waals surface area contributed by atoms with Gasteiger partial charge in [-0.2, -0.15) is 0 Å². The predicted octanol–water partition coefficient (Wildman–Crippen LogP) is -0.620. The van der Waals surface area contributed by atoms with E-state index in [0.717, 1.165) is 0 Å². The van der Waals surface area contributed by atoms with Gasteiger partial charge >= 0.3 is 0 Å². The van der Waals surface area contributed by atoms with Gasteiger partial charge in [0.1, 0.15) is 18.3 Å². The Balaban J connectivity index is 2.57. The highest BCUT2D eigenvalue weighted by atomic mass is 16.7. The van der Waals surface area contributed by atoms with Gasteiger partial charge in [0.2, 0.25) is 0 Å². The largest absolute Gasteiger partial charge is 0.382 e. The summed E-state index contributed by atoms with van der Waals surface area (Å²) in [5.74, 6) is 0. The number of ether oxygens (including phenoxy) is 4. The van der Waals surface area contributed by atoms with E-state index in [1.807, 2.05) is 0 Å². The number of aliphatic hydroxyl groups is 1. The molecule has 0 spiro atoms. The van der Waals surface area contributed by atoms with E-state index in [4.69, 9.17) is 18.9 Å². The molecule has 0 aromatic rings. The van der Waals surface area contributed by atoms with E-state index in [-0.39, 0.29) is 12.2 Å². The minimum Gasteiger partial charge on any atom is -0.382 e. The van der Waals surface area contributed by atoms with Crippen LogP contribution in [0.25, 0.3) is 0 Å². The van der Waals surface area contributed by atoms with Crippen LogP contribution >= 0.6 is 0 Å². The van der Waals surface area contributed by atoms with Crippen LogP contribution in [0.2, 0.25) is 0 Å².